The molecule has 4 heteroatoms. The lowest BCUT2D eigenvalue weighted by Crippen LogP contribution is -2.01. The van der Waals surface area contributed by atoms with Gasteiger partial charge in [-0.2, -0.15) is 0 Å². The predicted octanol–water partition coefficient (Wildman–Crippen LogP) is 5.89. The Bertz CT molecular complexity index is 693. The van der Waals surface area contributed by atoms with Gasteiger partial charge in [0.1, 0.15) is 0 Å². The van der Waals surface area contributed by atoms with E-state index < -0.39 is 0 Å². The topological polar surface area (TPSA) is 18.5 Å². The fourth-order valence-corrected chi connectivity index (χ4v) is 3.10. The molecule has 0 heterocycles. The first kappa shape index (κ1) is 17.7. The summed E-state index contributed by atoms with van der Waals surface area (Å²) in [7, 11) is 0. The molecule has 0 fully saturated rings. The standard InChI is InChI=1S/C21H24F2O2/c1-3-5-11-24-18-9-7-14-15-8-10-19(25-12-6-4-2)21(23)17(15)13-16(14)20(18)22/h7-10H,3-6,11-13H2,1-2H3. The molecule has 0 unspecified atom stereocenters. The van der Waals surface area contributed by atoms with Gasteiger partial charge in [-0.25, -0.2) is 8.78 Å². The monoisotopic (exact) mass is 346 g/mol. The molecule has 0 aliphatic heterocycles. The first-order valence-corrected chi connectivity index (χ1v) is 9.06. The Balaban J connectivity index is 1.86. The second-order valence-corrected chi connectivity index (χ2v) is 6.39. The van der Waals surface area contributed by atoms with Crippen LogP contribution in [0.15, 0.2) is 24.3 Å². The van der Waals surface area contributed by atoms with Gasteiger partial charge in [-0.3, -0.25) is 0 Å². The normalized spacial score (nSPS) is 12.0. The first-order chi connectivity index (χ1) is 12.2. The summed E-state index contributed by atoms with van der Waals surface area (Å²) in [5.74, 6) is -0.255. The highest BCUT2D eigenvalue weighted by atomic mass is 19.1. The van der Waals surface area contributed by atoms with Crippen LogP contribution in [0, 0.1) is 11.6 Å². The highest BCUT2D eigenvalue weighted by molar-refractivity contribution is 5.78. The van der Waals surface area contributed by atoms with Crippen molar-refractivity contribution in [1.82, 2.24) is 0 Å². The van der Waals surface area contributed by atoms with Crippen molar-refractivity contribution in [1.29, 1.82) is 0 Å². The lowest BCUT2D eigenvalue weighted by Gasteiger charge is -2.10. The van der Waals surface area contributed by atoms with Gasteiger partial charge in [0.15, 0.2) is 23.1 Å². The van der Waals surface area contributed by atoms with E-state index in [1.54, 1.807) is 12.1 Å². The van der Waals surface area contributed by atoms with Crippen LogP contribution in [0.3, 0.4) is 0 Å². The van der Waals surface area contributed by atoms with Crippen LogP contribution in [-0.2, 0) is 6.42 Å². The van der Waals surface area contributed by atoms with E-state index in [-0.39, 0.29) is 29.6 Å². The SMILES string of the molecule is CCCCOc1ccc2c(c1F)Cc1c-2ccc(OCCCC)c1F. The van der Waals surface area contributed by atoms with E-state index in [9.17, 15) is 8.78 Å². The summed E-state index contributed by atoms with van der Waals surface area (Å²) in [5, 5.41) is 0. The molecule has 1 aliphatic rings. The highest BCUT2D eigenvalue weighted by Crippen LogP contribution is 2.43. The Morgan fingerprint density at radius 1 is 0.760 bits per heavy atom. The number of fused-ring (bicyclic) bond motifs is 3. The molecule has 0 aromatic heterocycles. The Kier molecular flexibility index (Phi) is 5.57. The van der Waals surface area contributed by atoms with Crippen LogP contribution < -0.4 is 9.47 Å². The molecular formula is C21H24F2O2. The van der Waals surface area contributed by atoms with Crippen molar-refractivity contribution in [2.24, 2.45) is 0 Å². The zero-order valence-electron chi connectivity index (χ0n) is 14.8. The highest BCUT2D eigenvalue weighted by Gasteiger charge is 2.28. The maximum atomic E-state index is 14.8. The Labute approximate surface area is 147 Å². The number of rotatable bonds is 8. The summed E-state index contributed by atoms with van der Waals surface area (Å²) < 4.78 is 40.6. The van der Waals surface area contributed by atoms with Crippen LogP contribution in [0.4, 0.5) is 8.78 Å². The second kappa shape index (κ2) is 7.85. The van der Waals surface area contributed by atoms with Crippen molar-refractivity contribution in [3.8, 4) is 22.6 Å². The number of unbranched alkanes of at least 4 members (excludes halogenated alkanes) is 2. The van der Waals surface area contributed by atoms with Crippen molar-refractivity contribution >= 4 is 0 Å². The summed E-state index contributed by atoms with van der Waals surface area (Å²) in [5.41, 5.74) is 2.51. The Hall–Kier alpha value is -2.10. The van der Waals surface area contributed by atoms with E-state index >= 15 is 0 Å². The summed E-state index contributed by atoms with van der Waals surface area (Å²) in [6.45, 7) is 5.09. The molecule has 0 spiro atoms. The number of hydrogen-bond acceptors (Lipinski definition) is 2. The van der Waals surface area contributed by atoms with Gasteiger partial charge in [0.2, 0.25) is 0 Å². The van der Waals surface area contributed by atoms with Crippen molar-refractivity contribution in [3.63, 3.8) is 0 Å². The van der Waals surface area contributed by atoms with Crippen LogP contribution in [0.25, 0.3) is 11.1 Å². The van der Waals surface area contributed by atoms with Gasteiger partial charge in [0.25, 0.3) is 0 Å². The molecular weight excluding hydrogens is 322 g/mol. The van der Waals surface area contributed by atoms with E-state index in [1.807, 2.05) is 12.1 Å². The summed E-state index contributed by atoms with van der Waals surface area (Å²) in [6.07, 6.45) is 3.97. The fraction of sp³-hybridized carbons (Fsp3) is 0.429. The first-order valence-electron chi connectivity index (χ1n) is 9.06. The number of benzene rings is 2. The van der Waals surface area contributed by atoms with E-state index in [0.717, 1.165) is 36.8 Å². The van der Waals surface area contributed by atoms with E-state index in [0.29, 0.717) is 24.3 Å². The lowest BCUT2D eigenvalue weighted by molar-refractivity contribution is 0.293. The minimum absolute atomic E-state index is 0.234. The molecule has 3 rings (SSSR count). The van der Waals surface area contributed by atoms with Crippen molar-refractivity contribution in [2.75, 3.05) is 13.2 Å². The van der Waals surface area contributed by atoms with Crippen LogP contribution in [0.1, 0.15) is 50.7 Å². The smallest absolute Gasteiger partial charge is 0.169 e. The summed E-state index contributed by atoms with van der Waals surface area (Å²) >= 11 is 0. The average Bonchev–Trinajstić information content (AvgIpc) is 3.00. The Morgan fingerprint density at radius 2 is 1.20 bits per heavy atom. The average molecular weight is 346 g/mol. The van der Waals surface area contributed by atoms with Crippen molar-refractivity contribution in [3.05, 3.63) is 47.0 Å². The van der Waals surface area contributed by atoms with Gasteiger partial charge >= 0.3 is 0 Å². The number of ether oxygens (including phenoxy) is 2. The Morgan fingerprint density at radius 3 is 1.60 bits per heavy atom. The predicted molar refractivity (Wildman–Crippen MR) is 95.4 cm³/mol. The van der Waals surface area contributed by atoms with Gasteiger partial charge in [-0.15, -0.1) is 0 Å². The number of halogens is 2. The molecule has 0 atom stereocenters. The maximum Gasteiger partial charge on any atom is 0.169 e. The molecule has 0 amide bonds. The molecule has 1 aliphatic carbocycles. The molecule has 0 N–H and O–H groups in total. The van der Waals surface area contributed by atoms with Crippen LogP contribution in [0.5, 0.6) is 11.5 Å². The van der Waals surface area contributed by atoms with Gasteiger partial charge in [-0.05, 0) is 36.1 Å². The molecule has 0 radical (unpaired) electrons. The maximum absolute atomic E-state index is 14.8. The molecule has 2 aromatic rings. The van der Waals surface area contributed by atoms with Gasteiger partial charge in [-0.1, -0.05) is 38.8 Å². The number of hydrogen-bond donors (Lipinski definition) is 0. The minimum Gasteiger partial charge on any atom is -0.491 e. The fourth-order valence-electron chi connectivity index (χ4n) is 3.10. The van der Waals surface area contributed by atoms with Gasteiger partial charge < -0.3 is 9.47 Å². The molecule has 0 bridgehead atoms. The van der Waals surface area contributed by atoms with Crippen LogP contribution in [0.2, 0.25) is 0 Å². The third-order valence-electron chi connectivity index (χ3n) is 4.57. The van der Waals surface area contributed by atoms with E-state index in [2.05, 4.69) is 13.8 Å². The lowest BCUT2D eigenvalue weighted by atomic mass is 10.0. The van der Waals surface area contributed by atoms with E-state index in [1.165, 1.54) is 0 Å². The van der Waals surface area contributed by atoms with Crippen molar-refractivity contribution in [2.45, 2.75) is 46.0 Å². The quantitative estimate of drug-likeness (QED) is 0.473. The van der Waals surface area contributed by atoms with Crippen LogP contribution in [-0.4, -0.2) is 13.2 Å². The van der Waals surface area contributed by atoms with Gasteiger partial charge in [0.05, 0.1) is 13.2 Å². The van der Waals surface area contributed by atoms with Crippen molar-refractivity contribution < 1.29 is 18.3 Å². The molecule has 134 valence electrons. The zero-order valence-corrected chi connectivity index (χ0v) is 14.8. The summed E-state index contributed by atoms with van der Waals surface area (Å²) in [6, 6.07) is 6.93. The zero-order chi connectivity index (χ0) is 17.8. The molecule has 2 aromatic carbocycles. The molecule has 0 saturated carbocycles. The largest absolute Gasteiger partial charge is 0.491 e. The third kappa shape index (κ3) is 3.48. The minimum atomic E-state index is -0.377. The molecule has 2 nitrogen and oxygen atoms in total. The third-order valence-corrected chi connectivity index (χ3v) is 4.57. The van der Waals surface area contributed by atoms with Gasteiger partial charge in [0, 0.05) is 17.5 Å². The van der Waals surface area contributed by atoms with E-state index in [4.69, 9.17) is 9.47 Å². The molecule has 25 heavy (non-hydrogen) atoms. The van der Waals surface area contributed by atoms with Crippen LogP contribution >= 0.6 is 0 Å². The summed E-state index contributed by atoms with van der Waals surface area (Å²) in [4.78, 5) is 0. The molecule has 0 saturated heterocycles. The second-order valence-electron chi connectivity index (χ2n) is 6.39.